The zero-order chi connectivity index (χ0) is 14.7. The molecule has 0 radical (unpaired) electrons. The van der Waals surface area contributed by atoms with Crippen molar-refractivity contribution in [2.75, 3.05) is 44.8 Å². The molecular formula is C14H24N4OS. The average Bonchev–Trinajstić information content (AvgIpc) is 3.15. The minimum absolute atomic E-state index is 0.0578. The van der Waals surface area contributed by atoms with Gasteiger partial charge in [0.1, 0.15) is 4.88 Å². The summed E-state index contributed by atoms with van der Waals surface area (Å²) in [7, 11) is 4.10. The van der Waals surface area contributed by atoms with Gasteiger partial charge in [0.15, 0.2) is 0 Å². The molecule has 112 valence electrons. The van der Waals surface area contributed by atoms with Crippen LogP contribution in [-0.2, 0) is 0 Å². The minimum atomic E-state index is -0.0578. The molecule has 20 heavy (non-hydrogen) atoms. The van der Waals surface area contributed by atoms with E-state index in [1.807, 2.05) is 21.0 Å². The first-order valence-corrected chi connectivity index (χ1v) is 7.95. The highest BCUT2D eigenvalue weighted by molar-refractivity contribution is 7.18. The maximum absolute atomic E-state index is 12.0. The molecule has 2 rings (SSSR count). The maximum atomic E-state index is 12.0. The standard InChI is InChI=1S/C14H24N4OS/c1-4-16-13(19)12-11(15)10(9-5-6-9)14(20-12)17-7-8-18(2)3/h9,17H,4-8,15H2,1-3H3,(H,16,19). The molecule has 0 bridgehead atoms. The van der Waals surface area contributed by atoms with Crippen LogP contribution in [0.4, 0.5) is 10.7 Å². The summed E-state index contributed by atoms with van der Waals surface area (Å²) in [6.07, 6.45) is 2.36. The number of likely N-dealkylation sites (N-methyl/N-ethyl adjacent to an activating group) is 1. The molecule has 0 aromatic carbocycles. The van der Waals surface area contributed by atoms with Gasteiger partial charge in [0.2, 0.25) is 0 Å². The Morgan fingerprint density at radius 2 is 2.15 bits per heavy atom. The Kier molecular flexibility index (Phi) is 4.88. The molecule has 1 aromatic rings. The summed E-state index contributed by atoms with van der Waals surface area (Å²) in [5.74, 6) is 0.480. The lowest BCUT2D eigenvalue weighted by molar-refractivity contribution is 0.0960. The molecule has 0 spiro atoms. The van der Waals surface area contributed by atoms with Gasteiger partial charge in [-0.15, -0.1) is 11.3 Å². The van der Waals surface area contributed by atoms with Crippen LogP contribution in [-0.4, -0.2) is 44.5 Å². The van der Waals surface area contributed by atoms with Crippen molar-refractivity contribution in [1.29, 1.82) is 0 Å². The third-order valence-corrected chi connectivity index (χ3v) is 4.54. The molecule has 4 N–H and O–H groups in total. The normalized spacial score (nSPS) is 14.6. The Balaban J connectivity index is 2.17. The third kappa shape index (κ3) is 3.43. The summed E-state index contributed by atoms with van der Waals surface area (Å²) < 4.78 is 0. The summed E-state index contributed by atoms with van der Waals surface area (Å²) in [6.45, 7) is 4.36. The number of nitrogens with zero attached hydrogens (tertiary/aromatic N) is 1. The van der Waals surface area contributed by atoms with Gasteiger partial charge in [0.05, 0.1) is 10.7 Å². The number of carbonyl (C=O) groups is 1. The van der Waals surface area contributed by atoms with Crippen LogP contribution >= 0.6 is 11.3 Å². The highest BCUT2D eigenvalue weighted by atomic mass is 32.1. The molecule has 1 saturated carbocycles. The van der Waals surface area contributed by atoms with E-state index in [-0.39, 0.29) is 5.91 Å². The summed E-state index contributed by atoms with van der Waals surface area (Å²) in [5, 5.41) is 7.35. The summed E-state index contributed by atoms with van der Waals surface area (Å²) in [5.41, 5.74) is 8.05. The number of nitrogens with one attached hydrogen (secondary N) is 2. The van der Waals surface area contributed by atoms with Gasteiger partial charge >= 0.3 is 0 Å². The first-order chi connectivity index (χ1) is 9.54. The molecule has 1 aromatic heterocycles. The van der Waals surface area contributed by atoms with E-state index in [2.05, 4.69) is 15.5 Å². The minimum Gasteiger partial charge on any atom is -0.397 e. The van der Waals surface area contributed by atoms with E-state index in [4.69, 9.17) is 5.73 Å². The zero-order valence-electron chi connectivity index (χ0n) is 12.5. The van der Waals surface area contributed by atoms with Crippen LogP contribution in [0.2, 0.25) is 0 Å². The van der Waals surface area contributed by atoms with Crippen LogP contribution in [0.25, 0.3) is 0 Å². The Morgan fingerprint density at radius 3 is 2.70 bits per heavy atom. The smallest absolute Gasteiger partial charge is 0.263 e. The van der Waals surface area contributed by atoms with Crippen LogP contribution in [0.1, 0.15) is 40.9 Å². The van der Waals surface area contributed by atoms with Gasteiger partial charge in [-0.05, 0) is 39.8 Å². The highest BCUT2D eigenvalue weighted by Crippen LogP contribution is 2.50. The Hall–Kier alpha value is -1.27. The van der Waals surface area contributed by atoms with Crippen molar-refractivity contribution in [2.45, 2.75) is 25.7 Å². The molecule has 1 heterocycles. The van der Waals surface area contributed by atoms with Crippen LogP contribution in [0.5, 0.6) is 0 Å². The zero-order valence-corrected chi connectivity index (χ0v) is 13.3. The van der Waals surface area contributed by atoms with Gasteiger partial charge in [-0.2, -0.15) is 0 Å². The molecular weight excluding hydrogens is 272 g/mol. The number of hydrogen-bond donors (Lipinski definition) is 3. The van der Waals surface area contributed by atoms with Crippen molar-refractivity contribution in [2.24, 2.45) is 0 Å². The first-order valence-electron chi connectivity index (χ1n) is 7.13. The van der Waals surface area contributed by atoms with E-state index < -0.39 is 0 Å². The number of hydrogen-bond acceptors (Lipinski definition) is 5. The fourth-order valence-electron chi connectivity index (χ4n) is 2.17. The molecule has 1 aliphatic carbocycles. The number of anilines is 2. The van der Waals surface area contributed by atoms with Crippen molar-refractivity contribution >= 4 is 27.9 Å². The number of nitrogen functional groups attached to an aromatic ring is 1. The van der Waals surface area contributed by atoms with E-state index in [0.29, 0.717) is 23.0 Å². The molecule has 0 unspecified atom stereocenters. The van der Waals surface area contributed by atoms with E-state index >= 15 is 0 Å². The van der Waals surface area contributed by atoms with Gasteiger partial charge < -0.3 is 21.3 Å². The van der Waals surface area contributed by atoms with Crippen LogP contribution in [0, 0.1) is 0 Å². The van der Waals surface area contributed by atoms with Crippen molar-refractivity contribution in [3.05, 3.63) is 10.4 Å². The van der Waals surface area contributed by atoms with Crippen LogP contribution in [0.15, 0.2) is 0 Å². The van der Waals surface area contributed by atoms with Gasteiger partial charge in [0.25, 0.3) is 5.91 Å². The fraction of sp³-hybridized carbons (Fsp3) is 0.643. The molecule has 0 atom stereocenters. The largest absolute Gasteiger partial charge is 0.397 e. The maximum Gasteiger partial charge on any atom is 0.263 e. The van der Waals surface area contributed by atoms with Crippen LogP contribution in [0.3, 0.4) is 0 Å². The Labute approximate surface area is 124 Å². The van der Waals surface area contributed by atoms with E-state index in [0.717, 1.165) is 23.7 Å². The van der Waals surface area contributed by atoms with Crippen molar-refractivity contribution in [3.8, 4) is 0 Å². The first kappa shape index (κ1) is 15.1. The van der Waals surface area contributed by atoms with Crippen molar-refractivity contribution < 1.29 is 4.79 Å². The number of thiophene rings is 1. The van der Waals surface area contributed by atoms with Crippen molar-refractivity contribution in [1.82, 2.24) is 10.2 Å². The predicted octanol–water partition coefficient (Wildman–Crippen LogP) is 1.93. The predicted molar refractivity (Wildman–Crippen MR) is 85.8 cm³/mol. The van der Waals surface area contributed by atoms with Gasteiger partial charge in [-0.3, -0.25) is 4.79 Å². The van der Waals surface area contributed by atoms with Crippen molar-refractivity contribution in [3.63, 3.8) is 0 Å². The molecule has 6 heteroatoms. The molecule has 0 saturated heterocycles. The molecule has 0 aliphatic heterocycles. The number of carbonyl (C=O) groups excluding carboxylic acids is 1. The quantitative estimate of drug-likeness (QED) is 0.719. The second-order valence-electron chi connectivity index (χ2n) is 5.45. The van der Waals surface area contributed by atoms with Gasteiger partial charge in [0, 0.05) is 25.2 Å². The van der Waals surface area contributed by atoms with Gasteiger partial charge in [-0.1, -0.05) is 0 Å². The number of rotatable bonds is 7. The SMILES string of the molecule is CCNC(=O)c1sc(NCCN(C)C)c(C2CC2)c1N. The van der Waals surface area contributed by atoms with Crippen LogP contribution < -0.4 is 16.4 Å². The lowest BCUT2D eigenvalue weighted by Gasteiger charge is -2.11. The second kappa shape index (κ2) is 6.45. The summed E-state index contributed by atoms with van der Waals surface area (Å²) in [6, 6.07) is 0. The average molecular weight is 296 g/mol. The van der Waals surface area contributed by atoms with E-state index in [9.17, 15) is 4.79 Å². The Bertz CT molecular complexity index is 480. The summed E-state index contributed by atoms with van der Waals surface area (Å²) in [4.78, 5) is 14.8. The lowest BCUT2D eigenvalue weighted by Crippen LogP contribution is -2.22. The third-order valence-electron chi connectivity index (χ3n) is 3.36. The highest BCUT2D eigenvalue weighted by Gasteiger charge is 2.32. The monoisotopic (exact) mass is 296 g/mol. The van der Waals surface area contributed by atoms with E-state index in [1.54, 1.807) is 0 Å². The number of amides is 1. The van der Waals surface area contributed by atoms with E-state index in [1.165, 1.54) is 24.2 Å². The topological polar surface area (TPSA) is 70.4 Å². The molecule has 5 nitrogen and oxygen atoms in total. The fourth-order valence-corrected chi connectivity index (χ4v) is 3.32. The molecule has 1 aliphatic rings. The van der Waals surface area contributed by atoms with Gasteiger partial charge in [-0.25, -0.2) is 0 Å². The Morgan fingerprint density at radius 1 is 1.45 bits per heavy atom. The summed E-state index contributed by atoms with van der Waals surface area (Å²) >= 11 is 1.49. The molecule has 1 fully saturated rings. The number of nitrogens with two attached hydrogens (primary N) is 1. The lowest BCUT2D eigenvalue weighted by atomic mass is 10.1. The second-order valence-corrected chi connectivity index (χ2v) is 6.47. The molecule has 1 amide bonds.